The normalized spacial score (nSPS) is 9.95. The fraction of sp³-hybridized carbons (Fsp3) is 0.214. The van der Waals surface area contributed by atoms with E-state index in [-0.39, 0.29) is 0 Å². The molecule has 20 heavy (non-hydrogen) atoms. The summed E-state index contributed by atoms with van der Waals surface area (Å²) in [4.78, 5) is 10.5. The quantitative estimate of drug-likeness (QED) is 0.864. The molecular formula is C14H13BrN4O. The molecule has 2 aromatic rings. The highest BCUT2D eigenvalue weighted by molar-refractivity contribution is 9.10. The third kappa shape index (κ3) is 2.89. The highest BCUT2D eigenvalue weighted by Crippen LogP contribution is 2.31. The maximum Gasteiger partial charge on any atom is 0.166 e. The number of halogens is 1. The van der Waals surface area contributed by atoms with Gasteiger partial charge < -0.3 is 9.64 Å². The van der Waals surface area contributed by atoms with Crippen LogP contribution in [0, 0.1) is 11.3 Å². The topological polar surface area (TPSA) is 62.0 Å². The lowest BCUT2D eigenvalue weighted by Gasteiger charge is -2.14. The maximum absolute atomic E-state index is 9.10. The van der Waals surface area contributed by atoms with Crippen LogP contribution in [-0.2, 0) is 0 Å². The molecule has 0 saturated carbocycles. The Morgan fingerprint density at radius 3 is 2.60 bits per heavy atom. The summed E-state index contributed by atoms with van der Waals surface area (Å²) in [6.45, 7) is 0. The van der Waals surface area contributed by atoms with Crippen LogP contribution in [-0.4, -0.2) is 31.2 Å². The average Bonchev–Trinajstić information content (AvgIpc) is 2.46. The van der Waals surface area contributed by atoms with Crippen LogP contribution in [0.4, 0.5) is 5.82 Å². The number of ether oxygens (including phenoxy) is 1. The van der Waals surface area contributed by atoms with Gasteiger partial charge in [-0.2, -0.15) is 5.26 Å². The van der Waals surface area contributed by atoms with Crippen molar-refractivity contribution in [1.29, 1.82) is 5.26 Å². The predicted octanol–water partition coefficient (Wildman–Crippen LogP) is 2.85. The van der Waals surface area contributed by atoms with E-state index < -0.39 is 0 Å². The molecule has 6 heteroatoms. The van der Waals surface area contributed by atoms with E-state index in [0.29, 0.717) is 23.1 Å². The molecule has 0 atom stereocenters. The molecule has 2 rings (SSSR count). The summed E-state index contributed by atoms with van der Waals surface area (Å²) < 4.78 is 6.23. The van der Waals surface area contributed by atoms with E-state index in [9.17, 15) is 0 Å². The number of rotatable bonds is 3. The Morgan fingerprint density at radius 1 is 1.25 bits per heavy atom. The van der Waals surface area contributed by atoms with Crippen molar-refractivity contribution in [3.05, 3.63) is 34.4 Å². The Kier molecular flexibility index (Phi) is 4.20. The summed E-state index contributed by atoms with van der Waals surface area (Å²) >= 11 is 3.42. The number of methoxy groups -OCH3 is 1. The second-order valence-corrected chi connectivity index (χ2v) is 5.20. The van der Waals surface area contributed by atoms with Gasteiger partial charge in [-0.3, -0.25) is 0 Å². The maximum atomic E-state index is 9.10. The van der Waals surface area contributed by atoms with Gasteiger partial charge in [0.1, 0.15) is 23.3 Å². The molecule has 0 aliphatic heterocycles. The van der Waals surface area contributed by atoms with E-state index in [4.69, 9.17) is 10.00 Å². The molecule has 5 nitrogen and oxygen atoms in total. The Labute approximate surface area is 126 Å². The monoisotopic (exact) mass is 332 g/mol. The van der Waals surface area contributed by atoms with Gasteiger partial charge in [0.05, 0.1) is 12.7 Å². The minimum absolute atomic E-state index is 0.320. The first kappa shape index (κ1) is 14.3. The van der Waals surface area contributed by atoms with Gasteiger partial charge in [0.15, 0.2) is 5.82 Å². The molecule has 0 aliphatic carbocycles. The average molecular weight is 333 g/mol. The summed E-state index contributed by atoms with van der Waals surface area (Å²) in [7, 11) is 5.32. The lowest BCUT2D eigenvalue weighted by Crippen LogP contribution is -2.12. The van der Waals surface area contributed by atoms with Crippen molar-refractivity contribution in [3.8, 4) is 23.2 Å². The first-order valence-corrected chi connectivity index (χ1v) is 6.65. The predicted molar refractivity (Wildman–Crippen MR) is 80.8 cm³/mol. The number of nitrogens with zero attached hydrogens (tertiary/aromatic N) is 4. The van der Waals surface area contributed by atoms with E-state index >= 15 is 0 Å². The van der Waals surface area contributed by atoms with E-state index in [1.807, 2.05) is 37.2 Å². The summed E-state index contributed by atoms with van der Waals surface area (Å²) in [5.41, 5.74) is 1.06. The first-order chi connectivity index (χ1) is 9.55. The minimum atomic E-state index is 0.320. The van der Waals surface area contributed by atoms with Crippen molar-refractivity contribution >= 4 is 21.7 Å². The van der Waals surface area contributed by atoms with Crippen LogP contribution < -0.4 is 9.64 Å². The second kappa shape index (κ2) is 5.88. The van der Waals surface area contributed by atoms with Crippen molar-refractivity contribution in [1.82, 2.24) is 9.97 Å². The molecule has 1 aromatic heterocycles. The Balaban J connectivity index is 2.66. The third-order valence-electron chi connectivity index (χ3n) is 2.69. The van der Waals surface area contributed by atoms with Crippen molar-refractivity contribution in [2.24, 2.45) is 0 Å². The summed E-state index contributed by atoms with van der Waals surface area (Å²) in [6.07, 6.45) is 0. The number of nitriles is 1. The molecule has 0 radical (unpaired) electrons. The molecule has 102 valence electrons. The first-order valence-electron chi connectivity index (χ1n) is 5.85. The van der Waals surface area contributed by atoms with Crippen LogP contribution in [0.3, 0.4) is 0 Å². The molecule has 0 aliphatic rings. The molecule has 0 bridgehead atoms. The smallest absolute Gasteiger partial charge is 0.166 e. The molecule has 0 spiro atoms. The fourth-order valence-electron chi connectivity index (χ4n) is 1.70. The summed E-state index contributed by atoms with van der Waals surface area (Å²) in [5.74, 6) is 1.80. The lowest BCUT2D eigenvalue weighted by atomic mass is 10.2. The molecule has 0 unspecified atom stereocenters. The van der Waals surface area contributed by atoms with Crippen molar-refractivity contribution in [3.63, 3.8) is 0 Å². The van der Waals surface area contributed by atoms with Gasteiger partial charge in [0, 0.05) is 24.6 Å². The number of aromatic nitrogens is 2. The van der Waals surface area contributed by atoms with Crippen molar-refractivity contribution < 1.29 is 4.74 Å². The summed E-state index contributed by atoms with van der Waals surface area (Å²) in [6, 6.07) is 9.28. The van der Waals surface area contributed by atoms with Gasteiger partial charge in [-0.05, 0) is 18.2 Å². The second-order valence-electron chi connectivity index (χ2n) is 4.29. The number of hydrogen-bond donors (Lipinski definition) is 0. The lowest BCUT2D eigenvalue weighted by molar-refractivity contribution is 0.416. The molecule has 0 fully saturated rings. The fourth-order valence-corrected chi connectivity index (χ4v) is 2.06. The molecule has 0 N–H and O–H groups in total. The minimum Gasteiger partial charge on any atom is -0.496 e. The molecule has 1 heterocycles. The molecule has 1 aromatic carbocycles. The van der Waals surface area contributed by atoms with Crippen molar-refractivity contribution in [2.45, 2.75) is 0 Å². The highest BCUT2D eigenvalue weighted by atomic mass is 79.9. The van der Waals surface area contributed by atoms with Crippen LogP contribution in [0.5, 0.6) is 5.75 Å². The van der Waals surface area contributed by atoms with E-state index in [0.717, 1.165) is 10.0 Å². The van der Waals surface area contributed by atoms with Crippen LogP contribution >= 0.6 is 15.9 Å². The standard InChI is InChI=1S/C14H13BrN4O/c1-19(2)13-7-10(8-16)17-14(18-13)11-6-9(15)4-5-12(11)20-3/h4-7H,1-3H3. The zero-order chi connectivity index (χ0) is 14.7. The number of hydrogen-bond acceptors (Lipinski definition) is 5. The number of benzene rings is 1. The number of anilines is 1. The zero-order valence-electron chi connectivity index (χ0n) is 11.4. The van der Waals surface area contributed by atoms with Gasteiger partial charge in [-0.15, -0.1) is 0 Å². The van der Waals surface area contributed by atoms with Crippen LogP contribution in [0.25, 0.3) is 11.4 Å². The summed E-state index contributed by atoms with van der Waals surface area (Å²) in [5, 5.41) is 9.10. The Bertz CT molecular complexity index is 679. The van der Waals surface area contributed by atoms with E-state index in [1.165, 1.54) is 0 Å². The Morgan fingerprint density at radius 2 is 2.00 bits per heavy atom. The van der Waals surface area contributed by atoms with Crippen LogP contribution in [0.2, 0.25) is 0 Å². The highest BCUT2D eigenvalue weighted by Gasteiger charge is 2.13. The van der Waals surface area contributed by atoms with Gasteiger partial charge in [0.25, 0.3) is 0 Å². The SMILES string of the molecule is COc1ccc(Br)cc1-c1nc(C#N)cc(N(C)C)n1. The van der Waals surface area contributed by atoms with E-state index in [2.05, 4.69) is 32.0 Å². The van der Waals surface area contributed by atoms with Crippen LogP contribution in [0.15, 0.2) is 28.7 Å². The molecular weight excluding hydrogens is 320 g/mol. The molecule has 0 amide bonds. The Hall–Kier alpha value is -2.13. The zero-order valence-corrected chi connectivity index (χ0v) is 13.0. The van der Waals surface area contributed by atoms with Gasteiger partial charge in [-0.1, -0.05) is 15.9 Å². The van der Waals surface area contributed by atoms with Gasteiger partial charge in [-0.25, -0.2) is 9.97 Å². The largest absolute Gasteiger partial charge is 0.496 e. The van der Waals surface area contributed by atoms with Gasteiger partial charge in [0.2, 0.25) is 0 Å². The third-order valence-corrected chi connectivity index (χ3v) is 3.18. The molecule has 0 saturated heterocycles. The van der Waals surface area contributed by atoms with Crippen molar-refractivity contribution in [2.75, 3.05) is 26.1 Å². The van der Waals surface area contributed by atoms with Crippen LogP contribution in [0.1, 0.15) is 5.69 Å². The van der Waals surface area contributed by atoms with E-state index in [1.54, 1.807) is 13.2 Å². The van der Waals surface area contributed by atoms with Gasteiger partial charge >= 0.3 is 0 Å².